The highest BCUT2D eigenvalue weighted by Gasteiger charge is 2.23. The van der Waals surface area contributed by atoms with E-state index < -0.39 is 5.91 Å². The van der Waals surface area contributed by atoms with E-state index in [-0.39, 0.29) is 12.5 Å². The zero-order valence-electron chi connectivity index (χ0n) is 14.1. The summed E-state index contributed by atoms with van der Waals surface area (Å²) in [4.78, 5) is 26.9. The molecule has 2 aromatic carbocycles. The molecule has 1 aliphatic heterocycles. The fourth-order valence-corrected chi connectivity index (χ4v) is 3.88. The van der Waals surface area contributed by atoms with Crippen LogP contribution in [0.3, 0.4) is 0 Å². The summed E-state index contributed by atoms with van der Waals surface area (Å²) in [5.74, 6) is -0.434. The molecule has 3 N–H and O–H groups in total. The van der Waals surface area contributed by atoms with Gasteiger partial charge in [0.2, 0.25) is 11.8 Å². The fourth-order valence-electron chi connectivity index (χ4n) is 2.77. The predicted molar refractivity (Wildman–Crippen MR) is 102 cm³/mol. The first-order valence-electron chi connectivity index (χ1n) is 8.24. The van der Waals surface area contributed by atoms with Gasteiger partial charge in [0.05, 0.1) is 12.2 Å². The molecule has 1 heterocycles. The lowest BCUT2D eigenvalue weighted by atomic mass is 10.2. The molecule has 6 heteroatoms. The number of para-hydroxylation sites is 1. The fraction of sp³-hybridized carbons (Fsp3) is 0.263. The molecule has 2 amide bonds. The molecule has 0 spiro atoms. The maximum absolute atomic E-state index is 12.7. The van der Waals surface area contributed by atoms with Crippen molar-refractivity contribution in [1.29, 1.82) is 0 Å². The number of rotatable bonds is 4. The van der Waals surface area contributed by atoms with Crippen LogP contribution in [0.2, 0.25) is 0 Å². The van der Waals surface area contributed by atoms with Gasteiger partial charge in [-0.2, -0.15) is 0 Å². The van der Waals surface area contributed by atoms with E-state index in [4.69, 9.17) is 5.73 Å². The maximum atomic E-state index is 12.7. The van der Waals surface area contributed by atoms with Gasteiger partial charge < -0.3 is 16.0 Å². The molecule has 1 aliphatic rings. The van der Waals surface area contributed by atoms with Crippen LogP contribution in [0.15, 0.2) is 53.4 Å². The van der Waals surface area contributed by atoms with Gasteiger partial charge in [0.1, 0.15) is 0 Å². The molecule has 0 aromatic heterocycles. The van der Waals surface area contributed by atoms with Crippen molar-refractivity contribution in [1.82, 2.24) is 0 Å². The molecule has 0 radical (unpaired) electrons. The van der Waals surface area contributed by atoms with Crippen LogP contribution in [-0.4, -0.2) is 30.2 Å². The largest absolute Gasteiger partial charge is 0.376 e. The highest BCUT2D eigenvalue weighted by Crippen LogP contribution is 2.37. The highest BCUT2D eigenvalue weighted by molar-refractivity contribution is 8.00. The lowest BCUT2D eigenvalue weighted by Gasteiger charge is -2.23. The maximum Gasteiger partial charge on any atom is 0.248 e. The standard InChI is InChI=1S/C19H21N3O2S/c1-13-10-11-22(16-4-2-3-5-17(16)25-13)18(23)12-21-15-8-6-14(7-9-15)19(20)24/h2-9,13,21H,10-12H2,1H3,(H2,20,24)/t13-/m0/s1. The number of hydrogen-bond donors (Lipinski definition) is 2. The molecular weight excluding hydrogens is 334 g/mol. The summed E-state index contributed by atoms with van der Waals surface area (Å²) in [6.45, 7) is 3.10. The third-order valence-corrected chi connectivity index (χ3v) is 5.39. The molecule has 5 nitrogen and oxygen atoms in total. The van der Waals surface area contributed by atoms with Crippen LogP contribution in [0, 0.1) is 0 Å². The average Bonchev–Trinajstić information content (AvgIpc) is 2.78. The van der Waals surface area contributed by atoms with Gasteiger partial charge in [-0.1, -0.05) is 19.1 Å². The number of hydrogen-bond acceptors (Lipinski definition) is 4. The number of primary amides is 1. The molecule has 1 atom stereocenters. The summed E-state index contributed by atoms with van der Waals surface area (Å²) in [7, 11) is 0. The van der Waals surface area contributed by atoms with Crippen molar-refractivity contribution in [3.05, 3.63) is 54.1 Å². The van der Waals surface area contributed by atoms with Gasteiger partial charge in [0.15, 0.2) is 0 Å². The summed E-state index contributed by atoms with van der Waals surface area (Å²) in [5.41, 5.74) is 7.44. The van der Waals surface area contributed by atoms with Gasteiger partial charge in [-0.05, 0) is 42.8 Å². The molecule has 130 valence electrons. The zero-order chi connectivity index (χ0) is 17.8. The number of nitrogens with two attached hydrogens (primary N) is 1. The Hall–Kier alpha value is -2.47. The SMILES string of the molecule is C[C@H]1CCN(C(=O)CNc2ccc(C(N)=O)cc2)c2ccccc2S1. The minimum Gasteiger partial charge on any atom is -0.376 e. The lowest BCUT2D eigenvalue weighted by molar-refractivity contribution is -0.117. The average molecular weight is 355 g/mol. The first-order valence-corrected chi connectivity index (χ1v) is 9.12. The number of carbonyl (C=O) groups is 2. The Bertz CT molecular complexity index is 776. The summed E-state index contributed by atoms with van der Waals surface area (Å²) >= 11 is 1.81. The number of nitrogens with one attached hydrogen (secondary N) is 1. The van der Waals surface area contributed by atoms with Gasteiger partial charge in [0.25, 0.3) is 0 Å². The second-order valence-electron chi connectivity index (χ2n) is 6.03. The normalized spacial score (nSPS) is 16.7. The molecule has 0 fully saturated rings. The number of anilines is 2. The van der Waals surface area contributed by atoms with Gasteiger partial charge in [-0.15, -0.1) is 11.8 Å². The first kappa shape index (κ1) is 17.4. The van der Waals surface area contributed by atoms with E-state index in [2.05, 4.69) is 18.3 Å². The van der Waals surface area contributed by atoms with Crippen molar-refractivity contribution in [2.75, 3.05) is 23.3 Å². The van der Waals surface area contributed by atoms with E-state index in [9.17, 15) is 9.59 Å². The third-order valence-electron chi connectivity index (χ3n) is 4.16. The Kier molecular flexibility index (Phi) is 5.28. The van der Waals surface area contributed by atoms with E-state index in [1.807, 2.05) is 34.9 Å². The highest BCUT2D eigenvalue weighted by atomic mass is 32.2. The van der Waals surface area contributed by atoms with E-state index in [0.717, 1.165) is 22.7 Å². The van der Waals surface area contributed by atoms with Crippen LogP contribution < -0.4 is 16.0 Å². The molecule has 2 aromatic rings. The van der Waals surface area contributed by atoms with Gasteiger partial charge in [0, 0.05) is 27.9 Å². The van der Waals surface area contributed by atoms with Crippen molar-refractivity contribution in [2.24, 2.45) is 5.73 Å². The summed E-state index contributed by atoms with van der Waals surface area (Å²) in [6.07, 6.45) is 0.957. The monoisotopic (exact) mass is 355 g/mol. The molecule has 0 aliphatic carbocycles. The molecular formula is C19H21N3O2S. The van der Waals surface area contributed by atoms with Crippen LogP contribution in [0.1, 0.15) is 23.7 Å². The van der Waals surface area contributed by atoms with Crippen molar-refractivity contribution >= 4 is 35.0 Å². The van der Waals surface area contributed by atoms with Crippen LogP contribution in [-0.2, 0) is 4.79 Å². The smallest absolute Gasteiger partial charge is 0.248 e. The molecule has 25 heavy (non-hydrogen) atoms. The lowest BCUT2D eigenvalue weighted by Crippen LogP contribution is -2.36. The minimum atomic E-state index is -0.463. The predicted octanol–water partition coefficient (Wildman–Crippen LogP) is 3.11. The third kappa shape index (κ3) is 4.14. The Morgan fingerprint density at radius 2 is 1.92 bits per heavy atom. The second kappa shape index (κ2) is 7.61. The van der Waals surface area contributed by atoms with Gasteiger partial charge in [-0.25, -0.2) is 0 Å². The van der Waals surface area contributed by atoms with Gasteiger partial charge in [-0.3, -0.25) is 9.59 Å². The van der Waals surface area contributed by atoms with E-state index in [1.54, 1.807) is 24.3 Å². The minimum absolute atomic E-state index is 0.0288. The van der Waals surface area contributed by atoms with Crippen molar-refractivity contribution < 1.29 is 9.59 Å². The number of carbonyl (C=O) groups excluding carboxylic acids is 2. The van der Waals surface area contributed by atoms with Gasteiger partial charge >= 0.3 is 0 Å². The quantitative estimate of drug-likeness (QED) is 0.884. The number of amides is 2. The molecule has 0 bridgehead atoms. The molecule has 0 saturated heterocycles. The van der Waals surface area contributed by atoms with Crippen molar-refractivity contribution in [3.63, 3.8) is 0 Å². The first-order chi connectivity index (χ1) is 12.0. The molecule has 0 unspecified atom stereocenters. The molecule has 3 rings (SSSR count). The number of fused-ring (bicyclic) bond motifs is 1. The van der Waals surface area contributed by atoms with Crippen LogP contribution in [0.25, 0.3) is 0 Å². The number of thioether (sulfide) groups is 1. The van der Waals surface area contributed by atoms with Crippen LogP contribution in [0.4, 0.5) is 11.4 Å². The topological polar surface area (TPSA) is 75.4 Å². The zero-order valence-corrected chi connectivity index (χ0v) is 14.9. The second-order valence-corrected chi connectivity index (χ2v) is 7.51. The van der Waals surface area contributed by atoms with Crippen LogP contribution in [0.5, 0.6) is 0 Å². The van der Waals surface area contributed by atoms with E-state index >= 15 is 0 Å². The van der Waals surface area contributed by atoms with Crippen LogP contribution >= 0.6 is 11.8 Å². The molecule has 0 saturated carbocycles. The Morgan fingerprint density at radius 1 is 1.20 bits per heavy atom. The number of benzene rings is 2. The summed E-state index contributed by atoms with van der Waals surface area (Å²) in [6, 6.07) is 14.8. The summed E-state index contributed by atoms with van der Waals surface area (Å²) < 4.78 is 0. The van der Waals surface area contributed by atoms with E-state index in [0.29, 0.717) is 17.4 Å². The van der Waals surface area contributed by atoms with E-state index in [1.165, 1.54) is 0 Å². The Balaban J connectivity index is 1.69. The Labute approximate surface area is 151 Å². The number of nitrogens with zero attached hydrogens (tertiary/aromatic N) is 1. The Morgan fingerprint density at radius 3 is 2.64 bits per heavy atom. The summed E-state index contributed by atoms with van der Waals surface area (Å²) in [5, 5.41) is 3.60. The van der Waals surface area contributed by atoms with Crippen molar-refractivity contribution in [2.45, 2.75) is 23.5 Å². The van der Waals surface area contributed by atoms with Crippen molar-refractivity contribution in [3.8, 4) is 0 Å².